The Morgan fingerprint density at radius 1 is 0.696 bits per heavy atom. The van der Waals surface area contributed by atoms with Crippen LogP contribution >= 0.6 is 0 Å². The van der Waals surface area contributed by atoms with E-state index in [9.17, 15) is 0 Å². The largest absolute Gasteiger partial charge is 0.247 e. The average molecular weight is 293 g/mol. The lowest BCUT2D eigenvalue weighted by atomic mass is 9.86. The van der Waals surface area contributed by atoms with E-state index in [2.05, 4.69) is 72.8 Å². The SMILES string of the molecule is c1ccc(-c2cc3cccc4c3c(n2)-c2ccccc2C4)cc1. The van der Waals surface area contributed by atoms with Crippen LogP contribution < -0.4 is 0 Å². The van der Waals surface area contributed by atoms with Gasteiger partial charge in [0.2, 0.25) is 0 Å². The van der Waals surface area contributed by atoms with Crippen LogP contribution in [0.25, 0.3) is 33.3 Å². The zero-order valence-corrected chi connectivity index (χ0v) is 12.7. The number of fused-ring (bicyclic) bond motifs is 2. The van der Waals surface area contributed by atoms with Crippen LogP contribution in [0.4, 0.5) is 0 Å². The van der Waals surface area contributed by atoms with Crippen molar-refractivity contribution in [1.82, 2.24) is 4.98 Å². The third-order valence-corrected chi connectivity index (χ3v) is 4.67. The molecule has 0 atom stereocenters. The summed E-state index contributed by atoms with van der Waals surface area (Å²) in [6.07, 6.45) is 0.993. The van der Waals surface area contributed by atoms with Gasteiger partial charge in [0, 0.05) is 16.5 Å². The molecule has 0 aliphatic heterocycles. The second kappa shape index (κ2) is 4.79. The maximum atomic E-state index is 5.04. The summed E-state index contributed by atoms with van der Waals surface area (Å²) in [6.45, 7) is 0. The number of benzene rings is 3. The van der Waals surface area contributed by atoms with Gasteiger partial charge in [-0.05, 0) is 29.0 Å². The minimum Gasteiger partial charge on any atom is -0.247 e. The number of hydrogen-bond acceptors (Lipinski definition) is 1. The highest BCUT2D eigenvalue weighted by Gasteiger charge is 2.20. The monoisotopic (exact) mass is 293 g/mol. The molecule has 5 rings (SSSR count). The quantitative estimate of drug-likeness (QED) is 0.399. The third kappa shape index (κ3) is 1.90. The first kappa shape index (κ1) is 12.6. The minimum atomic E-state index is 0.993. The lowest BCUT2D eigenvalue weighted by Crippen LogP contribution is -2.03. The average Bonchev–Trinajstić information content (AvgIpc) is 2.62. The Morgan fingerprint density at radius 2 is 1.48 bits per heavy atom. The van der Waals surface area contributed by atoms with Gasteiger partial charge in [0.05, 0.1) is 11.4 Å². The first-order valence-corrected chi connectivity index (χ1v) is 7.96. The summed E-state index contributed by atoms with van der Waals surface area (Å²) in [5.74, 6) is 0. The topological polar surface area (TPSA) is 12.9 Å². The molecule has 0 fully saturated rings. The lowest BCUT2D eigenvalue weighted by Gasteiger charge is -2.20. The zero-order valence-electron chi connectivity index (χ0n) is 12.7. The van der Waals surface area contributed by atoms with Crippen molar-refractivity contribution in [2.45, 2.75) is 6.42 Å². The van der Waals surface area contributed by atoms with E-state index in [-0.39, 0.29) is 0 Å². The van der Waals surface area contributed by atoms with Crippen molar-refractivity contribution in [2.75, 3.05) is 0 Å². The standard InChI is InChI=1S/C22H15N/c1-2-7-15(8-3-1)20-14-18-11-6-10-17-13-16-9-4-5-12-19(16)22(23-20)21(17)18/h1-12,14H,13H2. The minimum absolute atomic E-state index is 0.993. The first-order chi connectivity index (χ1) is 11.4. The van der Waals surface area contributed by atoms with Crippen molar-refractivity contribution in [3.63, 3.8) is 0 Å². The van der Waals surface area contributed by atoms with E-state index >= 15 is 0 Å². The van der Waals surface area contributed by atoms with E-state index in [1.807, 2.05) is 6.07 Å². The molecule has 0 amide bonds. The van der Waals surface area contributed by atoms with Crippen LogP contribution in [0.15, 0.2) is 78.9 Å². The predicted molar refractivity (Wildman–Crippen MR) is 95.4 cm³/mol. The molecule has 1 aromatic heterocycles. The van der Waals surface area contributed by atoms with Crippen LogP contribution in [-0.4, -0.2) is 4.98 Å². The van der Waals surface area contributed by atoms with E-state index in [4.69, 9.17) is 4.98 Å². The summed E-state index contributed by atoms with van der Waals surface area (Å²) in [5.41, 5.74) is 7.35. The third-order valence-electron chi connectivity index (χ3n) is 4.67. The molecule has 23 heavy (non-hydrogen) atoms. The smallest absolute Gasteiger partial charge is 0.0793 e. The zero-order chi connectivity index (χ0) is 15.2. The Balaban J connectivity index is 1.89. The Hall–Kier alpha value is -2.93. The number of rotatable bonds is 1. The van der Waals surface area contributed by atoms with Gasteiger partial charge < -0.3 is 0 Å². The molecule has 108 valence electrons. The van der Waals surface area contributed by atoms with Crippen molar-refractivity contribution in [3.05, 3.63) is 90.0 Å². The summed E-state index contributed by atoms with van der Waals surface area (Å²) in [5, 5.41) is 2.59. The maximum absolute atomic E-state index is 5.04. The highest BCUT2D eigenvalue weighted by molar-refractivity contribution is 6.01. The van der Waals surface area contributed by atoms with Crippen molar-refractivity contribution < 1.29 is 0 Å². The van der Waals surface area contributed by atoms with E-state index < -0.39 is 0 Å². The summed E-state index contributed by atoms with van der Waals surface area (Å²) >= 11 is 0. The fourth-order valence-corrected chi connectivity index (χ4v) is 3.59. The summed E-state index contributed by atoms with van der Waals surface area (Å²) in [7, 11) is 0. The second-order valence-corrected chi connectivity index (χ2v) is 6.07. The van der Waals surface area contributed by atoms with Gasteiger partial charge in [-0.2, -0.15) is 0 Å². The van der Waals surface area contributed by atoms with Crippen LogP contribution in [0, 0.1) is 0 Å². The molecule has 3 aromatic carbocycles. The molecule has 1 heterocycles. The molecule has 0 unspecified atom stereocenters. The molecule has 1 heteroatoms. The number of pyridine rings is 1. The highest BCUT2D eigenvalue weighted by atomic mass is 14.7. The first-order valence-electron chi connectivity index (χ1n) is 7.96. The Bertz CT molecular complexity index is 1030. The fraction of sp³-hybridized carbons (Fsp3) is 0.0455. The second-order valence-electron chi connectivity index (χ2n) is 6.07. The van der Waals surface area contributed by atoms with E-state index in [1.165, 1.54) is 33.0 Å². The van der Waals surface area contributed by atoms with Crippen LogP contribution in [-0.2, 0) is 6.42 Å². The van der Waals surface area contributed by atoms with E-state index in [1.54, 1.807) is 0 Å². The number of hydrogen-bond donors (Lipinski definition) is 0. The molecule has 0 bridgehead atoms. The van der Waals surface area contributed by atoms with Crippen LogP contribution in [0.1, 0.15) is 11.1 Å². The molecule has 0 saturated heterocycles. The maximum Gasteiger partial charge on any atom is 0.0793 e. The van der Waals surface area contributed by atoms with Gasteiger partial charge in [-0.3, -0.25) is 0 Å². The molecule has 0 radical (unpaired) electrons. The molecule has 1 nitrogen and oxygen atoms in total. The van der Waals surface area contributed by atoms with Crippen LogP contribution in [0.3, 0.4) is 0 Å². The Kier molecular flexibility index (Phi) is 2.62. The van der Waals surface area contributed by atoms with Gasteiger partial charge in [0.1, 0.15) is 0 Å². The molecular formula is C22H15N. The van der Waals surface area contributed by atoms with Gasteiger partial charge in [0.15, 0.2) is 0 Å². The van der Waals surface area contributed by atoms with Crippen molar-refractivity contribution >= 4 is 10.8 Å². The van der Waals surface area contributed by atoms with E-state index in [0.717, 1.165) is 17.8 Å². The summed E-state index contributed by atoms with van der Waals surface area (Å²) in [4.78, 5) is 5.04. The fourth-order valence-electron chi connectivity index (χ4n) is 3.59. The summed E-state index contributed by atoms with van der Waals surface area (Å²) in [6, 6.07) is 27.9. The van der Waals surface area contributed by atoms with Crippen molar-refractivity contribution in [2.24, 2.45) is 0 Å². The molecular weight excluding hydrogens is 278 g/mol. The predicted octanol–water partition coefficient (Wildman–Crippen LogP) is 5.47. The van der Waals surface area contributed by atoms with Gasteiger partial charge in [-0.15, -0.1) is 0 Å². The molecule has 0 spiro atoms. The Labute approximate surface area is 135 Å². The molecule has 0 saturated carbocycles. The molecule has 1 aliphatic carbocycles. The lowest BCUT2D eigenvalue weighted by molar-refractivity contribution is 1.17. The van der Waals surface area contributed by atoms with Gasteiger partial charge >= 0.3 is 0 Å². The van der Waals surface area contributed by atoms with Crippen molar-refractivity contribution in [3.8, 4) is 22.5 Å². The van der Waals surface area contributed by atoms with E-state index in [0.29, 0.717) is 0 Å². The highest BCUT2D eigenvalue weighted by Crippen LogP contribution is 2.39. The van der Waals surface area contributed by atoms with Gasteiger partial charge in [0.25, 0.3) is 0 Å². The molecule has 0 N–H and O–H groups in total. The molecule has 4 aromatic rings. The van der Waals surface area contributed by atoms with Crippen LogP contribution in [0.5, 0.6) is 0 Å². The Morgan fingerprint density at radius 3 is 2.39 bits per heavy atom. The normalized spacial score (nSPS) is 12.2. The number of aromatic nitrogens is 1. The van der Waals surface area contributed by atoms with Gasteiger partial charge in [-0.1, -0.05) is 72.8 Å². The molecule has 1 aliphatic rings. The van der Waals surface area contributed by atoms with Crippen molar-refractivity contribution in [1.29, 1.82) is 0 Å². The van der Waals surface area contributed by atoms with Crippen LogP contribution in [0.2, 0.25) is 0 Å². The summed E-state index contributed by atoms with van der Waals surface area (Å²) < 4.78 is 0. The van der Waals surface area contributed by atoms with Gasteiger partial charge in [-0.25, -0.2) is 4.98 Å². The number of nitrogens with zero attached hydrogens (tertiary/aromatic N) is 1.